The summed E-state index contributed by atoms with van der Waals surface area (Å²) in [5.74, 6) is 0. The number of hydrogen-bond donors (Lipinski definition) is 1. The summed E-state index contributed by atoms with van der Waals surface area (Å²) in [5, 5.41) is 7.76. The van der Waals surface area contributed by atoms with E-state index in [4.69, 9.17) is 0 Å². The number of hydrogen-bond acceptors (Lipinski definition) is 2. The zero-order valence-electron chi connectivity index (χ0n) is 8.70. The van der Waals surface area contributed by atoms with Crippen LogP contribution in [0.2, 0.25) is 0 Å². The third kappa shape index (κ3) is 1.36. The van der Waals surface area contributed by atoms with Gasteiger partial charge in [-0.15, -0.1) is 0 Å². The van der Waals surface area contributed by atoms with Crippen molar-refractivity contribution in [2.24, 2.45) is 0 Å². The van der Waals surface area contributed by atoms with E-state index in [1.807, 2.05) is 10.9 Å². The van der Waals surface area contributed by atoms with Crippen LogP contribution in [0, 0.1) is 6.92 Å². The number of nitrogens with zero attached hydrogens (tertiary/aromatic N) is 2. The van der Waals surface area contributed by atoms with Crippen LogP contribution < -0.4 is 5.32 Å². The molecule has 15 heavy (non-hydrogen) atoms. The fourth-order valence-corrected chi connectivity index (χ4v) is 2.04. The van der Waals surface area contributed by atoms with E-state index in [1.165, 1.54) is 16.8 Å². The van der Waals surface area contributed by atoms with Crippen LogP contribution in [-0.4, -0.2) is 9.78 Å². The summed E-state index contributed by atoms with van der Waals surface area (Å²) in [6.45, 7) is 3.97. The Morgan fingerprint density at radius 2 is 2.27 bits per heavy atom. The average molecular weight is 199 g/mol. The van der Waals surface area contributed by atoms with Crippen LogP contribution >= 0.6 is 0 Å². The van der Waals surface area contributed by atoms with Crippen molar-refractivity contribution >= 4 is 0 Å². The van der Waals surface area contributed by atoms with Crippen LogP contribution in [0.15, 0.2) is 30.5 Å². The van der Waals surface area contributed by atoms with Gasteiger partial charge in [0, 0.05) is 18.7 Å². The van der Waals surface area contributed by atoms with Crippen molar-refractivity contribution in [3.05, 3.63) is 47.3 Å². The van der Waals surface area contributed by atoms with Gasteiger partial charge in [0.1, 0.15) is 0 Å². The molecule has 0 saturated carbocycles. The van der Waals surface area contributed by atoms with Crippen LogP contribution in [0.4, 0.5) is 0 Å². The first-order valence-electron chi connectivity index (χ1n) is 5.18. The number of rotatable bonds is 1. The lowest BCUT2D eigenvalue weighted by atomic mass is 10.2. The third-order valence-corrected chi connectivity index (χ3v) is 2.81. The van der Waals surface area contributed by atoms with Gasteiger partial charge in [-0.3, -0.25) is 0 Å². The highest BCUT2D eigenvalue weighted by molar-refractivity contribution is 5.38. The maximum atomic E-state index is 4.43. The lowest BCUT2D eigenvalue weighted by Crippen LogP contribution is -2.07. The molecule has 1 N–H and O–H groups in total. The quantitative estimate of drug-likeness (QED) is 0.758. The summed E-state index contributed by atoms with van der Waals surface area (Å²) in [5.41, 5.74) is 5.03. The van der Waals surface area contributed by atoms with Gasteiger partial charge in [0.05, 0.1) is 17.6 Å². The highest BCUT2D eigenvalue weighted by Gasteiger charge is 2.16. The molecular weight excluding hydrogens is 186 g/mol. The predicted octanol–water partition coefficient (Wildman–Crippen LogP) is 1.78. The predicted molar refractivity (Wildman–Crippen MR) is 58.8 cm³/mol. The molecule has 1 aliphatic heterocycles. The van der Waals surface area contributed by atoms with Gasteiger partial charge in [0.25, 0.3) is 0 Å². The Hall–Kier alpha value is -1.61. The van der Waals surface area contributed by atoms with Gasteiger partial charge in [-0.05, 0) is 24.6 Å². The summed E-state index contributed by atoms with van der Waals surface area (Å²) < 4.78 is 2.03. The lowest BCUT2D eigenvalue weighted by molar-refractivity contribution is 0.711. The second kappa shape index (κ2) is 3.21. The van der Waals surface area contributed by atoms with E-state index in [1.54, 1.807) is 0 Å². The van der Waals surface area contributed by atoms with Crippen LogP contribution in [0.3, 0.4) is 0 Å². The minimum Gasteiger partial charge on any atom is -0.307 e. The smallest absolute Gasteiger partial charge is 0.0652 e. The minimum atomic E-state index is 0.920. The molecular formula is C12H13N3. The Labute approximate surface area is 88.7 Å². The molecule has 0 atom stereocenters. The summed E-state index contributed by atoms with van der Waals surface area (Å²) in [6.07, 6.45) is 1.96. The highest BCUT2D eigenvalue weighted by atomic mass is 15.3. The maximum absolute atomic E-state index is 4.43. The molecule has 3 rings (SSSR count). The number of aryl methyl sites for hydroxylation is 1. The van der Waals surface area contributed by atoms with E-state index in [2.05, 4.69) is 41.6 Å². The fraction of sp³-hybridized carbons (Fsp3) is 0.250. The zero-order chi connectivity index (χ0) is 10.3. The molecule has 1 aromatic carbocycles. The maximum Gasteiger partial charge on any atom is 0.0652 e. The van der Waals surface area contributed by atoms with Gasteiger partial charge >= 0.3 is 0 Å². The van der Waals surface area contributed by atoms with E-state index in [9.17, 15) is 0 Å². The van der Waals surface area contributed by atoms with Crippen LogP contribution in [0.1, 0.15) is 16.8 Å². The van der Waals surface area contributed by atoms with Gasteiger partial charge in [0.15, 0.2) is 0 Å². The number of aromatic nitrogens is 2. The van der Waals surface area contributed by atoms with Gasteiger partial charge in [-0.25, -0.2) is 4.68 Å². The molecule has 1 aliphatic rings. The summed E-state index contributed by atoms with van der Waals surface area (Å²) in [4.78, 5) is 0. The SMILES string of the molecule is Cc1cccc(-n2ncc3c2CNC3)c1. The third-order valence-electron chi connectivity index (χ3n) is 2.81. The van der Waals surface area contributed by atoms with Crippen molar-refractivity contribution < 1.29 is 0 Å². The molecule has 0 bridgehead atoms. The molecule has 0 amide bonds. The average Bonchev–Trinajstić information content (AvgIpc) is 2.77. The second-order valence-electron chi connectivity index (χ2n) is 3.97. The Morgan fingerprint density at radius 1 is 1.33 bits per heavy atom. The lowest BCUT2D eigenvalue weighted by Gasteiger charge is -2.05. The topological polar surface area (TPSA) is 29.9 Å². The molecule has 0 fully saturated rings. The summed E-state index contributed by atoms with van der Waals surface area (Å²) in [6, 6.07) is 8.43. The minimum absolute atomic E-state index is 0.920. The van der Waals surface area contributed by atoms with Gasteiger partial charge in [-0.1, -0.05) is 12.1 Å². The molecule has 0 radical (unpaired) electrons. The van der Waals surface area contributed by atoms with Crippen LogP contribution in [-0.2, 0) is 13.1 Å². The van der Waals surface area contributed by atoms with E-state index in [0.29, 0.717) is 0 Å². The summed E-state index contributed by atoms with van der Waals surface area (Å²) >= 11 is 0. The van der Waals surface area contributed by atoms with Crippen molar-refractivity contribution in [1.29, 1.82) is 0 Å². The van der Waals surface area contributed by atoms with Crippen molar-refractivity contribution in [2.45, 2.75) is 20.0 Å². The van der Waals surface area contributed by atoms with E-state index in [0.717, 1.165) is 18.8 Å². The highest BCUT2D eigenvalue weighted by Crippen LogP contribution is 2.19. The summed E-state index contributed by atoms with van der Waals surface area (Å²) in [7, 11) is 0. The molecule has 2 aromatic rings. The molecule has 3 nitrogen and oxygen atoms in total. The van der Waals surface area contributed by atoms with Crippen molar-refractivity contribution in [2.75, 3.05) is 0 Å². The Kier molecular flexibility index (Phi) is 1.86. The van der Waals surface area contributed by atoms with Crippen molar-refractivity contribution in [1.82, 2.24) is 15.1 Å². The molecule has 0 aliphatic carbocycles. The molecule has 0 saturated heterocycles. The Bertz CT molecular complexity index is 499. The molecule has 0 unspecified atom stereocenters. The first-order chi connectivity index (χ1) is 7.34. The molecule has 3 heteroatoms. The largest absolute Gasteiger partial charge is 0.307 e. The number of benzene rings is 1. The van der Waals surface area contributed by atoms with Crippen molar-refractivity contribution in [3.63, 3.8) is 0 Å². The zero-order valence-corrected chi connectivity index (χ0v) is 8.70. The van der Waals surface area contributed by atoms with E-state index in [-0.39, 0.29) is 0 Å². The normalized spacial score (nSPS) is 14.2. The molecule has 76 valence electrons. The second-order valence-corrected chi connectivity index (χ2v) is 3.97. The van der Waals surface area contributed by atoms with E-state index >= 15 is 0 Å². The first-order valence-corrected chi connectivity index (χ1v) is 5.18. The van der Waals surface area contributed by atoms with Crippen LogP contribution in [0.5, 0.6) is 0 Å². The molecule has 2 heterocycles. The van der Waals surface area contributed by atoms with Gasteiger partial charge in [0.2, 0.25) is 0 Å². The standard InChI is InChI=1S/C12H13N3/c1-9-3-2-4-11(5-9)15-12-8-13-6-10(12)7-14-15/h2-5,7,13H,6,8H2,1H3. The monoisotopic (exact) mass is 199 g/mol. The Morgan fingerprint density at radius 3 is 3.13 bits per heavy atom. The number of nitrogens with one attached hydrogen (secondary N) is 1. The molecule has 1 aromatic heterocycles. The van der Waals surface area contributed by atoms with Crippen molar-refractivity contribution in [3.8, 4) is 5.69 Å². The molecule has 0 spiro atoms. The number of fused-ring (bicyclic) bond motifs is 1. The van der Waals surface area contributed by atoms with Crippen LogP contribution in [0.25, 0.3) is 5.69 Å². The van der Waals surface area contributed by atoms with Gasteiger partial charge in [-0.2, -0.15) is 5.10 Å². The van der Waals surface area contributed by atoms with Gasteiger partial charge < -0.3 is 5.32 Å². The Balaban J connectivity index is 2.13. The first kappa shape index (κ1) is 8.68. The van der Waals surface area contributed by atoms with E-state index < -0.39 is 0 Å². The fourth-order valence-electron chi connectivity index (χ4n) is 2.04.